The molecule has 1 aliphatic heterocycles. The Kier molecular flexibility index (Phi) is 4.06. The number of benzene rings is 1. The maximum absolute atomic E-state index is 13.0. The van der Waals surface area contributed by atoms with Crippen molar-refractivity contribution < 1.29 is 4.79 Å². The minimum Gasteiger partial charge on any atom is -0.367 e. The van der Waals surface area contributed by atoms with E-state index in [0.29, 0.717) is 18.7 Å². The van der Waals surface area contributed by atoms with Crippen molar-refractivity contribution in [2.75, 3.05) is 18.8 Å². The smallest absolute Gasteiger partial charge is 0.255 e. The zero-order valence-electron chi connectivity index (χ0n) is 15.0. The third kappa shape index (κ3) is 2.89. The lowest BCUT2D eigenvalue weighted by Gasteiger charge is -2.31. The Morgan fingerprint density at radius 1 is 1.23 bits per heavy atom. The summed E-state index contributed by atoms with van der Waals surface area (Å²) in [7, 11) is 0. The Morgan fingerprint density at radius 3 is 2.69 bits per heavy atom. The first kappa shape index (κ1) is 16.5. The van der Waals surface area contributed by atoms with Crippen molar-refractivity contribution in [3.05, 3.63) is 46.9 Å². The molecule has 1 fully saturated rings. The first-order valence-electron chi connectivity index (χ1n) is 8.87. The number of carbonyl (C=O) groups excluding carboxylic acids is 1. The number of nitrogen functional groups attached to an aromatic ring is 1. The van der Waals surface area contributed by atoms with E-state index in [9.17, 15) is 4.79 Å². The van der Waals surface area contributed by atoms with Crippen LogP contribution in [0.5, 0.6) is 0 Å². The van der Waals surface area contributed by atoms with Gasteiger partial charge in [-0.25, -0.2) is 0 Å². The van der Waals surface area contributed by atoms with Crippen molar-refractivity contribution in [2.45, 2.75) is 32.6 Å². The third-order valence-corrected chi connectivity index (χ3v) is 5.16. The second-order valence-electron chi connectivity index (χ2n) is 6.91. The van der Waals surface area contributed by atoms with E-state index < -0.39 is 0 Å². The SMILES string of the molecule is Cc1nc2c(C)cccc2cc1C(=O)N1CCC(c2nc(N)n[nH]2)CC1. The Bertz CT molecular complexity index is 971. The molecular weight excluding hydrogens is 328 g/mol. The second-order valence-corrected chi connectivity index (χ2v) is 6.91. The first-order valence-corrected chi connectivity index (χ1v) is 8.87. The van der Waals surface area contributed by atoms with Gasteiger partial charge in [0, 0.05) is 24.4 Å². The molecule has 0 spiro atoms. The molecule has 0 unspecified atom stereocenters. The van der Waals surface area contributed by atoms with Crippen LogP contribution in [0.1, 0.15) is 46.2 Å². The number of fused-ring (bicyclic) bond motifs is 1. The number of nitrogens with zero attached hydrogens (tertiary/aromatic N) is 4. The Labute approximate surface area is 151 Å². The normalized spacial score (nSPS) is 15.5. The van der Waals surface area contributed by atoms with Crippen LogP contribution < -0.4 is 5.73 Å². The largest absolute Gasteiger partial charge is 0.367 e. The predicted octanol–water partition coefficient (Wildman–Crippen LogP) is 2.57. The number of aryl methyl sites for hydroxylation is 2. The number of nitrogens with one attached hydrogen (secondary N) is 1. The molecule has 7 nitrogen and oxygen atoms in total. The number of rotatable bonds is 2. The lowest BCUT2D eigenvalue weighted by molar-refractivity contribution is 0.0710. The number of hydrogen-bond acceptors (Lipinski definition) is 5. The van der Waals surface area contributed by atoms with Crippen LogP contribution in [0.4, 0.5) is 5.95 Å². The van der Waals surface area contributed by atoms with Crippen molar-refractivity contribution in [1.82, 2.24) is 25.1 Å². The van der Waals surface area contributed by atoms with E-state index in [0.717, 1.165) is 40.8 Å². The summed E-state index contributed by atoms with van der Waals surface area (Å²) in [5.74, 6) is 1.40. The molecular formula is C19H22N6O. The molecule has 26 heavy (non-hydrogen) atoms. The van der Waals surface area contributed by atoms with E-state index in [4.69, 9.17) is 5.73 Å². The molecule has 3 heterocycles. The number of hydrogen-bond donors (Lipinski definition) is 2. The van der Waals surface area contributed by atoms with Gasteiger partial charge in [-0.15, -0.1) is 5.10 Å². The van der Waals surface area contributed by atoms with Crippen LogP contribution in [0.25, 0.3) is 10.9 Å². The van der Waals surface area contributed by atoms with Gasteiger partial charge in [-0.05, 0) is 38.3 Å². The van der Waals surface area contributed by atoms with Crippen molar-refractivity contribution in [3.8, 4) is 0 Å². The Morgan fingerprint density at radius 2 is 2.00 bits per heavy atom. The zero-order valence-corrected chi connectivity index (χ0v) is 15.0. The van der Waals surface area contributed by atoms with Crippen molar-refractivity contribution >= 4 is 22.8 Å². The monoisotopic (exact) mass is 350 g/mol. The molecule has 134 valence electrons. The van der Waals surface area contributed by atoms with E-state index in [2.05, 4.69) is 20.2 Å². The predicted molar refractivity (Wildman–Crippen MR) is 99.9 cm³/mol. The zero-order chi connectivity index (χ0) is 18.3. The first-order chi connectivity index (χ1) is 12.5. The fraction of sp³-hybridized carbons (Fsp3) is 0.368. The van der Waals surface area contributed by atoms with E-state index in [1.807, 2.05) is 43.0 Å². The average Bonchev–Trinajstić information content (AvgIpc) is 3.08. The maximum Gasteiger partial charge on any atom is 0.255 e. The number of anilines is 1. The molecule has 1 aliphatic rings. The molecule has 1 saturated heterocycles. The molecule has 3 aromatic rings. The van der Waals surface area contributed by atoms with Gasteiger partial charge in [0.2, 0.25) is 5.95 Å². The number of carbonyl (C=O) groups is 1. The Hall–Kier alpha value is -2.96. The van der Waals surface area contributed by atoms with Crippen LogP contribution >= 0.6 is 0 Å². The number of H-pyrrole nitrogens is 1. The van der Waals surface area contributed by atoms with Gasteiger partial charge < -0.3 is 10.6 Å². The fourth-order valence-corrected chi connectivity index (χ4v) is 3.65. The van der Waals surface area contributed by atoms with E-state index in [-0.39, 0.29) is 17.8 Å². The van der Waals surface area contributed by atoms with Gasteiger partial charge in [-0.1, -0.05) is 18.2 Å². The Balaban J connectivity index is 1.53. The van der Waals surface area contributed by atoms with Gasteiger partial charge in [-0.3, -0.25) is 14.9 Å². The average molecular weight is 350 g/mol. The highest BCUT2D eigenvalue weighted by molar-refractivity contribution is 5.99. The van der Waals surface area contributed by atoms with Crippen LogP contribution in [-0.4, -0.2) is 44.1 Å². The molecule has 0 radical (unpaired) electrons. The number of likely N-dealkylation sites (tertiary alicyclic amines) is 1. The summed E-state index contributed by atoms with van der Waals surface area (Å²) in [4.78, 5) is 23.8. The third-order valence-electron chi connectivity index (χ3n) is 5.16. The van der Waals surface area contributed by atoms with Gasteiger partial charge in [0.1, 0.15) is 5.82 Å². The van der Waals surface area contributed by atoms with Crippen LogP contribution in [-0.2, 0) is 0 Å². The number of aromatic amines is 1. The minimum absolute atomic E-state index is 0.0499. The molecule has 7 heteroatoms. The van der Waals surface area contributed by atoms with Crippen LogP contribution in [0.3, 0.4) is 0 Å². The summed E-state index contributed by atoms with van der Waals surface area (Å²) in [5, 5.41) is 7.79. The molecule has 0 aliphatic carbocycles. The van der Waals surface area contributed by atoms with Gasteiger partial charge in [0.25, 0.3) is 5.91 Å². The summed E-state index contributed by atoms with van der Waals surface area (Å²) >= 11 is 0. The lowest BCUT2D eigenvalue weighted by Crippen LogP contribution is -2.38. The number of para-hydroxylation sites is 1. The van der Waals surface area contributed by atoms with Crippen LogP contribution in [0, 0.1) is 13.8 Å². The van der Waals surface area contributed by atoms with Gasteiger partial charge >= 0.3 is 0 Å². The number of piperidine rings is 1. The summed E-state index contributed by atoms with van der Waals surface area (Å²) in [6, 6.07) is 8.01. The minimum atomic E-state index is 0.0499. The molecule has 0 saturated carbocycles. The summed E-state index contributed by atoms with van der Waals surface area (Å²) in [6.45, 7) is 5.32. The molecule has 4 rings (SSSR count). The standard InChI is InChI=1S/C19H22N6O/c1-11-4-3-5-14-10-15(12(2)21-16(11)14)18(26)25-8-6-13(7-9-25)17-22-19(20)24-23-17/h3-5,10,13H,6-9H2,1-2H3,(H3,20,22,23,24). The highest BCUT2D eigenvalue weighted by Gasteiger charge is 2.27. The quantitative estimate of drug-likeness (QED) is 0.740. The van der Waals surface area contributed by atoms with Crippen molar-refractivity contribution in [3.63, 3.8) is 0 Å². The molecule has 1 amide bonds. The molecule has 0 bridgehead atoms. The number of nitrogens with two attached hydrogens (primary N) is 1. The van der Waals surface area contributed by atoms with Crippen LogP contribution in [0.15, 0.2) is 24.3 Å². The highest BCUT2D eigenvalue weighted by atomic mass is 16.2. The number of pyridine rings is 1. The summed E-state index contributed by atoms with van der Waals surface area (Å²) in [5.41, 5.74) is 9.13. The summed E-state index contributed by atoms with van der Waals surface area (Å²) < 4.78 is 0. The van der Waals surface area contributed by atoms with E-state index in [1.165, 1.54) is 0 Å². The topological polar surface area (TPSA) is 101 Å². The molecule has 3 N–H and O–H groups in total. The summed E-state index contributed by atoms with van der Waals surface area (Å²) in [6.07, 6.45) is 1.69. The van der Waals surface area contributed by atoms with Crippen molar-refractivity contribution in [1.29, 1.82) is 0 Å². The number of amides is 1. The van der Waals surface area contributed by atoms with E-state index >= 15 is 0 Å². The molecule has 1 aromatic carbocycles. The second kappa shape index (κ2) is 6.40. The molecule has 0 atom stereocenters. The number of aromatic nitrogens is 4. The van der Waals surface area contributed by atoms with Crippen molar-refractivity contribution in [2.24, 2.45) is 0 Å². The highest BCUT2D eigenvalue weighted by Crippen LogP contribution is 2.27. The van der Waals surface area contributed by atoms with Gasteiger partial charge in [-0.2, -0.15) is 4.98 Å². The van der Waals surface area contributed by atoms with Crippen LogP contribution in [0.2, 0.25) is 0 Å². The lowest BCUT2D eigenvalue weighted by atomic mass is 9.95. The van der Waals surface area contributed by atoms with Gasteiger partial charge in [0.05, 0.1) is 16.8 Å². The van der Waals surface area contributed by atoms with Gasteiger partial charge in [0.15, 0.2) is 0 Å². The van der Waals surface area contributed by atoms with E-state index in [1.54, 1.807) is 0 Å². The maximum atomic E-state index is 13.0. The molecule has 2 aromatic heterocycles. The fourth-order valence-electron chi connectivity index (χ4n) is 3.65.